The molecule has 0 saturated carbocycles. The molecule has 4 nitrogen and oxygen atoms in total. The number of hydrogen-bond acceptors (Lipinski definition) is 4. The Morgan fingerprint density at radius 3 is 2.78 bits per heavy atom. The van der Waals surface area contributed by atoms with Gasteiger partial charge in [0.2, 0.25) is 5.89 Å². The van der Waals surface area contributed by atoms with E-state index in [-0.39, 0.29) is 5.75 Å². The van der Waals surface area contributed by atoms with Gasteiger partial charge in [0.05, 0.1) is 23.0 Å². The van der Waals surface area contributed by atoms with Crippen molar-refractivity contribution in [1.29, 1.82) is 0 Å². The lowest BCUT2D eigenvalue weighted by molar-refractivity contribution is 0.380. The second kappa shape index (κ2) is 6.83. The molecule has 0 N–H and O–H groups in total. The molecule has 0 saturated heterocycles. The Balaban J connectivity index is 1.70. The number of aryl methyl sites for hydroxylation is 1. The Morgan fingerprint density at radius 1 is 1.17 bits per heavy atom. The molecular formula is C17H15FN2O2S. The highest BCUT2D eigenvalue weighted by atomic mass is 32.2. The third kappa shape index (κ3) is 3.90. The quantitative estimate of drug-likeness (QED) is 0.719. The lowest BCUT2D eigenvalue weighted by Gasteiger charge is -2.00. The van der Waals surface area contributed by atoms with Crippen molar-refractivity contribution in [1.82, 2.24) is 10.1 Å². The Morgan fingerprint density at radius 2 is 2.00 bits per heavy atom. The molecule has 1 atom stereocenters. The topological polar surface area (TPSA) is 56.0 Å². The summed E-state index contributed by atoms with van der Waals surface area (Å²) in [5, 5.41) is 3.86. The average molecular weight is 330 g/mol. The van der Waals surface area contributed by atoms with E-state index in [0.717, 1.165) is 11.1 Å². The SMILES string of the molecule is Cc1ccccc1Cc1nc(CS(=O)c2cccc(F)c2)no1. The number of aromatic nitrogens is 2. The number of rotatable bonds is 5. The maximum absolute atomic E-state index is 13.2. The third-order valence-electron chi connectivity index (χ3n) is 3.43. The highest BCUT2D eigenvalue weighted by Gasteiger charge is 2.13. The first kappa shape index (κ1) is 15.6. The Kier molecular flexibility index (Phi) is 4.62. The minimum absolute atomic E-state index is 0.0979. The highest BCUT2D eigenvalue weighted by molar-refractivity contribution is 7.84. The Bertz CT molecular complexity index is 848. The summed E-state index contributed by atoms with van der Waals surface area (Å²) in [5.41, 5.74) is 2.25. The van der Waals surface area contributed by atoms with E-state index in [1.807, 2.05) is 31.2 Å². The van der Waals surface area contributed by atoms with Crippen LogP contribution >= 0.6 is 0 Å². The molecule has 0 bridgehead atoms. The van der Waals surface area contributed by atoms with Crippen molar-refractivity contribution in [3.8, 4) is 0 Å². The standard InChI is InChI=1S/C17H15FN2O2S/c1-12-5-2-3-6-13(12)9-17-19-16(20-22-17)11-23(21)15-8-4-7-14(18)10-15/h2-8,10H,9,11H2,1H3. The zero-order chi connectivity index (χ0) is 16.2. The number of nitrogens with zero attached hydrogens (tertiary/aromatic N) is 2. The monoisotopic (exact) mass is 330 g/mol. The summed E-state index contributed by atoms with van der Waals surface area (Å²) in [6, 6.07) is 13.7. The second-order valence-corrected chi connectivity index (χ2v) is 6.61. The van der Waals surface area contributed by atoms with Gasteiger partial charge in [0, 0.05) is 4.90 Å². The molecule has 0 spiro atoms. The van der Waals surface area contributed by atoms with Gasteiger partial charge in [-0.25, -0.2) is 4.39 Å². The lowest BCUT2D eigenvalue weighted by atomic mass is 10.1. The minimum Gasteiger partial charge on any atom is -0.339 e. The van der Waals surface area contributed by atoms with Crippen LogP contribution in [0.4, 0.5) is 4.39 Å². The van der Waals surface area contributed by atoms with Crippen molar-refractivity contribution < 1.29 is 13.1 Å². The van der Waals surface area contributed by atoms with Gasteiger partial charge >= 0.3 is 0 Å². The van der Waals surface area contributed by atoms with Gasteiger partial charge in [-0.3, -0.25) is 4.21 Å². The van der Waals surface area contributed by atoms with Crippen molar-refractivity contribution in [2.75, 3.05) is 0 Å². The van der Waals surface area contributed by atoms with Gasteiger partial charge in [0.15, 0.2) is 5.82 Å². The zero-order valence-corrected chi connectivity index (χ0v) is 13.3. The predicted octanol–water partition coefficient (Wildman–Crippen LogP) is 3.42. The molecule has 3 rings (SSSR count). The van der Waals surface area contributed by atoms with Crippen LogP contribution in [0.1, 0.15) is 22.8 Å². The maximum Gasteiger partial charge on any atom is 0.231 e. The van der Waals surface area contributed by atoms with Crippen LogP contribution < -0.4 is 0 Å². The summed E-state index contributed by atoms with van der Waals surface area (Å²) in [6.45, 7) is 2.02. The van der Waals surface area contributed by atoms with E-state index < -0.39 is 16.6 Å². The molecular weight excluding hydrogens is 315 g/mol. The molecule has 0 aliphatic rings. The van der Waals surface area contributed by atoms with Crippen LogP contribution in [0.3, 0.4) is 0 Å². The summed E-state index contributed by atoms with van der Waals surface area (Å²) in [5.74, 6) is 0.520. The van der Waals surface area contributed by atoms with E-state index in [9.17, 15) is 8.60 Å². The molecule has 23 heavy (non-hydrogen) atoms. The van der Waals surface area contributed by atoms with Crippen LogP contribution in [-0.2, 0) is 23.0 Å². The normalized spacial score (nSPS) is 12.3. The van der Waals surface area contributed by atoms with Crippen molar-refractivity contribution >= 4 is 10.8 Å². The van der Waals surface area contributed by atoms with Crippen LogP contribution in [-0.4, -0.2) is 14.3 Å². The number of hydrogen-bond donors (Lipinski definition) is 0. The van der Waals surface area contributed by atoms with E-state index in [0.29, 0.717) is 23.0 Å². The fraction of sp³-hybridized carbons (Fsp3) is 0.176. The van der Waals surface area contributed by atoms with E-state index in [1.165, 1.54) is 18.2 Å². The predicted molar refractivity (Wildman–Crippen MR) is 84.8 cm³/mol. The van der Waals surface area contributed by atoms with Crippen LogP contribution in [0.2, 0.25) is 0 Å². The molecule has 6 heteroatoms. The largest absolute Gasteiger partial charge is 0.339 e. The molecule has 0 aliphatic heterocycles. The van der Waals surface area contributed by atoms with E-state index in [2.05, 4.69) is 10.1 Å². The van der Waals surface area contributed by atoms with Crippen LogP contribution in [0.15, 0.2) is 57.9 Å². The zero-order valence-electron chi connectivity index (χ0n) is 12.5. The summed E-state index contributed by atoms with van der Waals surface area (Å²) in [6.07, 6.45) is 0.534. The van der Waals surface area contributed by atoms with Gasteiger partial charge in [-0.2, -0.15) is 4.98 Å². The smallest absolute Gasteiger partial charge is 0.231 e. The van der Waals surface area contributed by atoms with Crippen LogP contribution in [0.25, 0.3) is 0 Å². The molecule has 0 amide bonds. The molecule has 2 aromatic carbocycles. The third-order valence-corrected chi connectivity index (χ3v) is 4.73. The molecule has 0 aliphatic carbocycles. The van der Waals surface area contributed by atoms with Crippen molar-refractivity contribution in [3.63, 3.8) is 0 Å². The number of halogens is 1. The minimum atomic E-state index is -1.41. The summed E-state index contributed by atoms with van der Waals surface area (Å²) >= 11 is 0. The second-order valence-electron chi connectivity index (χ2n) is 5.15. The van der Waals surface area contributed by atoms with Gasteiger partial charge < -0.3 is 4.52 Å². The summed E-state index contributed by atoms with van der Waals surface area (Å²) < 4.78 is 30.6. The van der Waals surface area contributed by atoms with Gasteiger partial charge in [-0.05, 0) is 36.2 Å². The van der Waals surface area contributed by atoms with Crippen LogP contribution in [0, 0.1) is 12.7 Å². The first-order valence-electron chi connectivity index (χ1n) is 7.12. The van der Waals surface area contributed by atoms with Gasteiger partial charge in [0.1, 0.15) is 5.82 Å². The molecule has 1 unspecified atom stereocenters. The maximum atomic E-state index is 13.2. The molecule has 3 aromatic rings. The Hall–Kier alpha value is -2.34. The van der Waals surface area contributed by atoms with E-state index in [4.69, 9.17) is 4.52 Å². The fourth-order valence-corrected chi connectivity index (χ4v) is 3.19. The molecule has 0 radical (unpaired) electrons. The highest BCUT2D eigenvalue weighted by Crippen LogP contribution is 2.15. The molecule has 1 heterocycles. The van der Waals surface area contributed by atoms with Gasteiger partial charge in [-0.1, -0.05) is 35.5 Å². The summed E-state index contributed by atoms with van der Waals surface area (Å²) in [7, 11) is -1.41. The summed E-state index contributed by atoms with van der Waals surface area (Å²) in [4.78, 5) is 4.68. The van der Waals surface area contributed by atoms with E-state index in [1.54, 1.807) is 6.07 Å². The fourth-order valence-electron chi connectivity index (χ4n) is 2.20. The Labute approximate surface area is 135 Å². The van der Waals surface area contributed by atoms with E-state index >= 15 is 0 Å². The lowest BCUT2D eigenvalue weighted by Crippen LogP contribution is -1.99. The van der Waals surface area contributed by atoms with Crippen molar-refractivity contribution in [3.05, 3.63) is 77.2 Å². The first-order valence-corrected chi connectivity index (χ1v) is 8.43. The van der Waals surface area contributed by atoms with Gasteiger partial charge in [0.25, 0.3) is 0 Å². The van der Waals surface area contributed by atoms with Gasteiger partial charge in [-0.15, -0.1) is 0 Å². The van der Waals surface area contributed by atoms with Crippen LogP contribution in [0.5, 0.6) is 0 Å². The number of benzene rings is 2. The molecule has 1 aromatic heterocycles. The van der Waals surface area contributed by atoms with Crippen molar-refractivity contribution in [2.45, 2.75) is 24.0 Å². The molecule has 118 valence electrons. The average Bonchev–Trinajstić information content (AvgIpc) is 2.97. The molecule has 0 fully saturated rings. The van der Waals surface area contributed by atoms with Crippen molar-refractivity contribution in [2.24, 2.45) is 0 Å². The first-order chi connectivity index (χ1) is 11.1.